The van der Waals surface area contributed by atoms with Gasteiger partial charge in [-0.15, -0.1) is 0 Å². The van der Waals surface area contributed by atoms with Crippen LogP contribution in [0.3, 0.4) is 0 Å². The first-order valence-corrected chi connectivity index (χ1v) is 3.59. The van der Waals surface area contributed by atoms with Gasteiger partial charge in [-0.2, -0.15) is 5.26 Å². The number of ether oxygens (including phenoxy) is 1. The third-order valence-corrected chi connectivity index (χ3v) is 1.64. The lowest BCUT2D eigenvalue weighted by Gasteiger charge is -2.05. The predicted octanol–water partition coefficient (Wildman–Crippen LogP) is 1.03. The van der Waals surface area contributed by atoms with E-state index in [1.807, 2.05) is 6.07 Å². The average Bonchev–Trinajstić information content (AvgIpc) is 2.16. The van der Waals surface area contributed by atoms with Gasteiger partial charge in [0.15, 0.2) is 0 Å². The fourth-order valence-corrected chi connectivity index (χ4v) is 0.983. The Bertz CT molecular complexity index is 315. The Morgan fingerprint density at radius 1 is 1.58 bits per heavy atom. The molecule has 0 fully saturated rings. The molecule has 0 radical (unpaired) electrons. The van der Waals surface area contributed by atoms with Crippen molar-refractivity contribution in [2.45, 2.75) is 6.54 Å². The number of nitriles is 1. The maximum absolute atomic E-state index is 8.58. The number of nitrogens with two attached hydrogens (primary N) is 1. The summed E-state index contributed by atoms with van der Waals surface area (Å²) in [5.41, 5.74) is 6.96. The van der Waals surface area contributed by atoms with Gasteiger partial charge in [0.1, 0.15) is 5.75 Å². The van der Waals surface area contributed by atoms with Crippen molar-refractivity contribution in [3.63, 3.8) is 0 Å². The lowest BCUT2D eigenvalue weighted by atomic mass is 10.1. The van der Waals surface area contributed by atoms with Gasteiger partial charge in [-0.3, -0.25) is 0 Å². The maximum Gasteiger partial charge on any atom is 0.124 e. The zero-order valence-corrected chi connectivity index (χ0v) is 6.87. The number of nitrogens with zero attached hydrogens (tertiary/aromatic N) is 1. The molecule has 0 aliphatic heterocycles. The fraction of sp³-hybridized carbons (Fsp3) is 0.222. The average molecular weight is 162 g/mol. The molecule has 0 atom stereocenters. The van der Waals surface area contributed by atoms with Gasteiger partial charge in [-0.1, -0.05) is 6.07 Å². The number of hydrogen-bond acceptors (Lipinski definition) is 3. The van der Waals surface area contributed by atoms with Crippen LogP contribution in [0.15, 0.2) is 18.2 Å². The Morgan fingerprint density at radius 3 is 2.83 bits per heavy atom. The van der Waals surface area contributed by atoms with E-state index in [0.29, 0.717) is 17.9 Å². The molecule has 0 saturated carbocycles. The molecule has 0 amide bonds. The first kappa shape index (κ1) is 8.57. The molecule has 1 aromatic rings. The van der Waals surface area contributed by atoms with E-state index in [9.17, 15) is 0 Å². The van der Waals surface area contributed by atoms with E-state index < -0.39 is 0 Å². The van der Waals surface area contributed by atoms with Gasteiger partial charge in [-0.25, -0.2) is 0 Å². The standard InChI is InChI=1S/C9H10N2O/c1-12-9-4-7(5-10)2-3-8(9)6-11/h2-4H,6,11H2,1H3. The van der Waals surface area contributed by atoms with Gasteiger partial charge >= 0.3 is 0 Å². The first-order chi connectivity index (χ1) is 5.81. The summed E-state index contributed by atoms with van der Waals surface area (Å²) in [7, 11) is 1.57. The molecule has 0 spiro atoms. The summed E-state index contributed by atoms with van der Waals surface area (Å²) in [4.78, 5) is 0. The molecular weight excluding hydrogens is 152 g/mol. The van der Waals surface area contributed by atoms with Gasteiger partial charge < -0.3 is 10.5 Å². The lowest BCUT2D eigenvalue weighted by molar-refractivity contribution is 0.409. The Hall–Kier alpha value is -1.53. The summed E-state index contributed by atoms with van der Waals surface area (Å²) in [5, 5.41) is 8.58. The molecule has 1 rings (SSSR count). The monoisotopic (exact) mass is 162 g/mol. The third-order valence-electron chi connectivity index (χ3n) is 1.64. The zero-order valence-electron chi connectivity index (χ0n) is 6.87. The third kappa shape index (κ3) is 1.55. The van der Waals surface area contributed by atoms with Crippen molar-refractivity contribution in [3.05, 3.63) is 29.3 Å². The lowest BCUT2D eigenvalue weighted by Crippen LogP contribution is -1.99. The molecule has 0 unspecified atom stereocenters. The van der Waals surface area contributed by atoms with Crippen LogP contribution >= 0.6 is 0 Å². The van der Waals surface area contributed by atoms with Gasteiger partial charge in [0, 0.05) is 12.1 Å². The van der Waals surface area contributed by atoms with Gasteiger partial charge in [0.2, 0.25) is 0 Å². The van der Waals surface area contributed by atoms with E-state index in [1.54, 1.807) is 25.3 Å². The van der Waals surface area contributed by atoms with Crippen LogP contribution in [0.2, 0.25) is 0 Å². The predicted molar refractivity (Wildman–Crippen MR) is 45.6 cm³/mol. The molecule has 0 heterocycles. The molecule has 12 heavy (non-hydrogen) atoms. The van der Waals surface area contributed by atoms with Crippen molar-refractivity contribution in [1.82, 2.24) is 0 Å². The molecule has 2 N–H and O–H groups in total. The first-order valence-electron chi connectivity index (χ1n) is 3.59. The second kappa shape index (κ2) is 3.74. The minimum atomic E-state index is 0.425. The molecule has 0 aromatic heterocycles. The van der Waals surface area contributed by atoms with Gasteiger partial charge in [0.25, 0.3) is 0 Å². The summed E-state index contributed by atoms with van der Waals surface area (Å²) in [5.74, 6) is 0.677. The van der Waals surface area contributed by atoms with Gasteiger partial charge in [-0.05, 0) is 12.1 Å². The van der Waals surface area contributed by atoms with Crippen molar-refractivity contribution >= 4 is 0 Å². The maximum atomic E-state index is 8.58. The molecule has 1 aromatic carbocycles. The minimum absolute atomic E-state index is 0.425. The Balaban J connectivity index is 3.13. The van der Waals surface area contributed by atoms with E-state index in [2.05, 4.69) is 0 Å². The molecule has 62 valence electrons. The summed E-state index contributed by atoms with van der Waals surface area (Å²) >= 11 is 0. The summed E-state index contributed by atoms with van der Waals surface area (Å²) < 4.78 is 5.05. The topological polar surface area (TPSA) is 59.0 Å². The van der Waals surface area contributed by atoms with Crippen LogP contribution in [0.1, 0.15) is 11.1 Å². The number of benzene rings is 1. The highest BCUT2D eigenvalue weighted by atomic mass is 16.5. The van der Waals surface area contributed by atoms with E-state index in [0.717, 1.165) is 5.56 Å². The Kier molecular flexibility index (Phi) is 2.67. The van der Waals surface area contributed by atoms with Crippen LogP contribution in [-0.2, 0) is 6.54 Å². The van der Waals surface area contributed by atoms with E-state index in [-0.39, 0.29) is 0 Å². The van der Waals surface area contributed by atoms with Crippen molar-refractivity contribution in [1.29, 1.82) is 5.26 Å². The highest BCUT2D eigenvalue weighted by Gasteiger charge is 2.01. The molecule has 0 saturated heterocycles. The molecule has 3 nitrogen and oxygen atoms in total. The van der Waals surface area contributed by atoms with E-state index in [4.69, 9.17) is 15.7 Å². The fourth-order valence-electron chi connectivity index (χ4n) is 0.983. The molecule has 0 bridgehead atoms. The molecule has 0 aliphatic carbocycles. The highest BCUT2D eigenvalue weighted by molar-refractivity contribution is 5.42. The minimum Gasteiger partial charge on any atom is -0.496 e. The number of hydrogen-bond donors (Lipinski definition) is 1. The van der Waals surface area contributed by atoms with Crippen LogP contribution in [0.4, 0.5) is 0 Å². The van der Waals surface area contributed by atoms with E-state index >= 15 is 0 Å². The zero-order chi connectivity index (χ0) is 8.97. The van der Waals surface area contributed by atoms with Crippen LogP contribution in [0.25, 0.3) is 0 Å². The van der Waals surface area contributed by atoms with Crippen molar-refractivity contribution < 1.29 is 4.74 Å². The van der Waals surface area contributed by atoms with Crippen LogP contribution in [-0.4, -0.2) is 7.11 Å². The van der Waals surface area contributed by atoms with Crippen LogP contribution in [0, 0.1) is 11.3 Å². The van der Waals surface area contributed by atoms with Crippen LogP contribution in [0.5, 0.6) is 5.75 Å². The summed E-state index contributed by atoms with van der Waals surface area (Å²) in [6.45, 7) is 0.425. The highest BCUT2D eigenvalue weighted by Crippen LogP contribution is 2.18. The Labute approximate surface area is 71.4 Å². The number of methoxy groups -OCH3 is 1. The smallest absolute Gasteiger partial charge is 0.124 e. The van der Waals surface area contributed by atoms with Crippen molar-refractivity contribution in [3.8, 4) is 11.8 Å². The number of rotatable bonds is 2. The largest absolute Gasteiger partial charge is 0.496 e. The molecule has 3 heteroatoms. The molecule has 0 aliphatic rings. The van der Waals surface area contributed by atoms with Crippen molar-refractivity contribution in [2.24, 2.45) is 5.73 Å². The van der Waals surface area contributed by atoms with Crippen LogP contribution < -0.4 is 10.5 Å². The van der Waals surface area contributed by atoms with Gasteiger partial charge in [0.05, 0.1) is 18.7 Å². The van der Waals surface area contributed by atoms with Crippen molar-refractivity contribution in [2.75, 3.05) is 7.11 Å². The SMILES string of the molecule is COc1cc(C#N)ccc1CN. The normalized spacial score (nSPS) is 9.08. The second-order valence-electron chi connectivity index (χ2n) is 2.34. The summed E-state index contributed by atoms with van der Waals surface area (Å²) in [6.07, 6.45) is 0. The Morgan fingerprint density at radius 2 is 2.33 bits per heavy atom. The van der Waals surface area contributed by atoms with E-state index in [1.165, 1.54) is 0 Å². The second-order valence-corrected chi connectivity index (χ2v) is 2.34. The quantitative estimate of drug-likeness (QED) is 0.706. The molecular formula is C9H10N2O. The summed E-state index contributed by atoms with van der Waals surface area (Å²) in [6, 6.07) is 7.24.